The molecule has 7 heteroatoms. The van der Waals surface area contributed by atoms with Gasteiger partial charge in [0.25, 0.3) is 0 Å². The molecule has 0 aliphatic rings. The van der Waals surface area contributed by atoms with Gasteiger partial charge in [0.1, 0.15) is 11.0 Å². The first-order valence-electron chi connectivity index (χ1n) is 2.84. The molecule has 0 saturated carbocycles. The van der Waals surface area contributed by atoms with Gasteiger partial charge in [-0.2, -0.15) is 0 Å². The Bertz CT molecular complexity index is 322. The fourth-order valence-electron chi connectivity index (χ4n) is 0.544. The highest BCUT2D eigenvalue weighted by Gasteiger charge is 2.09. The number of anilines is 1. The summed E-state index contributed by atoms with van der Waals surface area (Å²) in [4.78, 5) is 7.53. The Kier molecular flexibility index (Phi) is 3.03. The molecular formula is C5H5BrClN3OS. The average Bonchev–Trinajstić information content (AvgIpc) is 1.99. The van der Waals surface area contributed by atoms with Gasteiger partial charge in [-0.25, -0.2) is 9.97 Å². The number of aromatic nitrogens is 2. The largest absolute Gasteiger partial charge is 0.383 e. The first-order chi connectivity index (χ1) is 5.52. The quantitative estimate of drug-likeness (QED) is 0.615. The molecule has 4 nitrogen and oxygen atoms in total. The van der Waals surface area contributed by atoms with Gasteiger partial charge in [-0.15, -0.1) is 0 Å². The number of hydrogen-bond acceptors (Lipinski definition) is 4. The molecule has 66 valence electrons. The molecule has 1 rings (SSSR count). The van der Waals surface area contributed by atoms with Gasteiger partial charge >= 0.3 is 0 Å². The highest BCUT2D eigenvalue weighted by molar-refractivity contribution is 9.10. The lowest BCUT2D eigenvalue weighted by atomic mass is 10.6. The van der Waals surface area contributed by atoms with Crippen LogP contribution in [0.25, 0.3) is 0 Å². The summed E-state index contributed by atoms with van der Waals surface area (Å²) in [6.45, 7) is 0. The van der Waals surface area contributed by atoms with Crippen LogP contribution in [0.15, 0.2) is 9.63 Å². The third kappa shape index (κ3) is 1.94. The van der Waals surface area contributed by atoms with E-state index in [0.717, 1.165) is 0 Å². The number of nitrogen functional groups attached to an aromatic ring is 1. The van der Waals surface area contributed by atoms with Gasteiger partial charge in [0.15, 0.2) is 0 Å². The number of halogens is 2. The second kappa shape index (κ2) is 3.68. The normalized spacial score (nSPS) is 12.9. The van der Waals surface area contributed by atoms with Gasteiger partial charge in [0, 0.05) is 6.26 Å². The van der Waals surface area contributed by atoms with Crippen molar-refractivity contribution in [2.75, 3.05) is 12.0 Å². The fraction of sp³-hybridized carbons (Fsp3) is 0.200. The van der Waals surface area contributed by atoms with Crippen LogP contribution in [0, 0.1) is 0 Å². The van der Waals surface area contributed by atoms with Gasteiger partial charge in [-0.05, 0) is 15.9 Å². The van der Waals surface area contributed by atoms with Crippen molar-refractivity contribution in [2.24, 2.45) is 0 Å². The number of hydrogen-bond donors (Lipinski definition) is 1. The molecule has 0 bridgehead atoms. The molecular weight excluding hydrogens is 265 g/mol. The van der Waals surface area contributed by atoms with Crippen LogP contribution in [0.4, 0.5) is 5.82 Å². The lowest BCUT2D eigenvalue weighted by Crippen LogP contribution is -2.02. The first kappa shape index (κ1) is 9.88. The minimum absolute atomic E-state index is 0.140. The summed E-state index contributed by atoms with van der Waals surface area (Å²) in [5, 5.41) is 0.313. The number of nitrogens with zero attached hydrogens (tertiary/aromatic N) is 2. The van der Waals surface area contributed by atoms with Crippen molar-refractivity contribution in [3.8, 4) is 0 Å². The van der Waals surface area contributed by atoms with Crippen LogP contribution in [0.2, 0.25) is 5.15 Å². The van der Waals surface area contributed by atoms with Crippen LogP contribution in [-0.2, 0) is 10.8 Å². The molecule has 1 heterocycles. The molecule has 12 heavy (non-hydrogen) atoms. The van der Waals surface area contributed by atoms with Crippen LogP contribution < -0.4 is 5.73 Å². The van der Waals surface area contributed by atoms with Crippen molar-refractivity contribution in [2.45, 2.75) is 5.16 Å². The predicted molar refractivity (Wildman–Crippen MR) is 51.5 cm³/mol. The smallest absolute Gasteiger partial charge is 0.221 e. The van der Waals surface area contributed by atoms with Gasteiger partial charge in [-0.1, -0.05) is 11.6 Å². The van der Waals surface area contributed by atoms with Crippen LogP contribution in [-0.4, -0.2) is 20.4 Å². The third-order valence-corrected chi connectivity index (χ3v) is 3.05. The van der Waals surface area contributed by atoms with E-state index in [2.05, 4.69) is 25.9 Å². The molecule has 2 N–H and O–H groups in total. The first-order valence-corrected chi connectivity index (χ1v) is 5.57. The van der Waals surface area contributed by atoms with Crippen molar-refractivity contribution < 1.29 is 4.21 Å². The van der Waals surface area contributed by atoms with Gasteiger partial charge in [0.2, 0.25) is 5.16 Å². The van der Waals surface area contributed by atoms with Crippen molar-refractivity contribution in [3.63, 3.8) is 0 Å². The van der Waals surface area contributed by atoms with E-state index in [1.807, 2.05) is 0 Å². The summed E-state index contributed by atoms with van der Waals surface area (Å²) in [5.74, 6) is 0.195. The molecule has 0 fully saturated rings. The molecule has 0 aliphatic heterocycles. The summed E-state index contributed by atoms with van der Waals surface area (Å²) in [7, 11) is -1.27. The molecule has 0 unspecified atom stereocenters. The highest BCUT2D eigenvalue weighted by Crippen LogP contribution is 2.25. The van der Waals surface area contributed by atoms with Crippen LogP contribution in [0.3, 0.4) is 0 Å². The molecule has 1 atom stereocenters. The summed E-state index contributed by atoms with van der Waals surface area (Å²) in [6.07, 6.45) is 1.46. The Morgan fingerprint density at radius 3 is 2.58 bits per heavy atom. The molecule has 0 aromatic carbocycles. The predicted octanol–water partition coefficient (Wildman–Crippen LogP) is 1.21. The van der Waals surface area contributed by atoms with E-state index in [4.69, 9.17) is 17.3 Å². The molecule has 0 aliphatic carbocycles. The zero-order valence-corrected chi connectivity index (χ0v) is 9.20. The standard InChI is InChI=1S/C5H5BrClN3OS/c1-12(11)5-9-3(7)2(6)4(8)10-5/h1H3,(H2,8,9,10)/t12-/m1/s1. The van der Waals surface area contributed by atoms with E-state index in [1.54, 1.807) is 0 Å². The van der Waals surface area contributed by atoms with Crippen molar-refractivity contribution in [1.82, 2.24) is 9.97 Å². The Labute approximate surface area is 85.1 Å². The molecule has 0 radical (unpaired) electrons. The molecule has 0 spiro atoms. The molecule has 1 aromatic rings. The Hall–Kier alpha value is -0.200. The van der Waals surface area contributed by atoms with Crippen molar-refractivity contribution in [1.29, 1.82) is 0 Å². The zero-order valence-electron chi connectivity index (χ0n) is 6.04. The maximum Gasteiger partial charge on any atom is 0.221 e. The highest BCUT2D eigenvalue weighted by atomic mass is 79.9. The van der Waals surface area contributed by atoms with E-state index in [0.29, 0.717) is 4.47 Å². The average molecular weight is 271 g/mol. The van der Waals surface area contributed by atoms with E-state index in [1.165, 1.54) is 6.26 Å². The topological polar surface area (TPSA) is 68.9 Å². The lowest BCUT2D eigenvalue weighted by molar-refractivity contribution is 0.679. The summed E-state index contributed by atoms with van der Waals surface area (Å²) < 4.78 is 11.3. The summed E-state index contributed by atoms with van der Waals surface area (Å²) in [5.41, 5.74) is 5.44. The third-order valence-electron chi connectivity index (χ3n) is 1.07. The Morgan fingerprint density at radius 2 is 2.17 bits per heavy atom. The van der Waals surface area contributed by atoms with E-state index in [-0.39, 0.29) is 16.1 Å². The van der Waals surface area contributed by atoms with E-state index in [9.17, 15) is 4.21 Å². The Balaban J connectivity index is 3.31. The number of rotatable bonds is 1. The van der Waals surface area contributed by atoms with Crippen molar-refractivity contribution in [3.05, 3.63) is 9.63 Å². The zero-order chi connectivity index (χ0) is 9.30. The maximum absolute atomic E-state index is 10.9. The van der Waals surface area contributed by atoms with Crippen LogP contribution in [0.5, 0.6) is 0 Å². The molecule has 0 saturated heterocycles. The minimum atomic E-state index is -1.27. The van der Waals surface area contributed by atoms with Crippen molar-refractivity contribution >= 4 is 44.1 Å². The summed E-state index contributed by atoms with van der Waals surface area (Å²) in [6, 6.07) is 0. The van der Waals surface area contributed by atoms with Gasteiger partial charge in [-0.3, -0.25) is 4.21 Å². The second-order valence-electron chi connectivity index (χ2n) is 1.95. The fourth-order valence-corrected chi connectivity index (χ4v) is 1.40. The van der Waals surface area contributed by atoms with Crippen LogP contribution in [0.1, 0.15) is 0 Å². The number of nitrogens with two attached hydrogens (primary N) is 1. The maximum atomic E-state index is 10.9. The molecule has 0 amide bonds. The molecule has 1 aromatic heterocycles. The van der Waals surface area contributed by atoms with Crippen LogP contribution >= 0.6 is 27.5 Å². The second-order valence-corrected chi connectivity index (χ2v) is 4.37. The lowest BCUT2D eigenvalue weighted by Gasteiger charge is -2.00. The Morgan fingerprint density at radius 1 is 1.58 bits per heavy atom. The van der Waals surface area contributed by atoms with Gasteiger partial charge in [0.05, 0.1) is 15.3 Å². The summed E-state index contributed by atoms with van der Waals surface area (Å²) >= 11 is 8.73. The monoisotopic (exact) mass is 269 g/mol. The van der Waals surface area contributed by atoms with Gasteiger partial charge < -0.3 is 5.73 Å². The van der Waals surface area contributed by atoms with E-state index < -0.39 is 10.8 Å². The van der Waals surface area contributed by atoms with E-state index >= 15 is 0 Å². The SMILES string of the molecule is C[S@@](=O)c1nc(N)c(Br)c(Cl)n1. The minimum Gasteiger partial charge on any atom is -0.383 e.